The molecular formula is C14H29N3. The molecule has 100 valence electrons. The van der Waals surface area contributed by atoms with Gasteiger partial charge in [0.1, 0.15) is 0 Å². The summed E-state index contributed by atoms with van der Waals surface area (Å²) in [6.07, 6.45) is 7.01. The van der Waals surface area contributed by atoms with Gasteiger partial charge in [0, 0.05) is 0 Å². The van der Waals surface area contributed by atoms with Gasteiger partial charge in [-0.1, -0.05) is 0 Å². The fraction of sp³-hybridized carbons (Fsp3) is 1.00. The molecule has 0 radical (unpaired) electrons. The van der Waals surface area contributed by atoms with Crippen molar-refractivity contribution in [2.45, 2.75) is 32.1 Å². The van der Waals surface area contributed by atoms with Crippen molar-refractivity contribution >= 4 is 0 Å². The predicted molar refractivity (Wildman–Crippen MR) is 73.4 cm³/mol. The highest BCUT2D eigenvalue weighted by Gasteiger charge is 2.18. The molecule has 2 fully saturated rings. The quantitative estimate of drug-likeness (QED) is 0.756. The molecule has 2 aliphatic rings. The SMILES string of the molecule is CNCC1CCN(CCCN2CCCC2)CC1. The van der Waals surface area contributed by atoms with Gasteiger partial charge < -0.3 is 15.1 Å². The number of hydrogen-bond donors (Lipinski definition) is 1. The molecule has 0 unspecified atom stereocenters. The first kappa shape index (κ1) is 13.3. The van der Waals surface area contributed by atoms with Gasteiger partial charge in [0.25, 0.3) is 0 Å². The number of nitrogens with zero attached hydrogens (tertiary/aromatic N) is 2. The van der Waals surface area contributed by atoms with E-state index in [0.29, 0.717) is 0 Å². The van der Waals surface area contributed by atoms with Gasteiger partial charge in [0.05, 0.1) is 0 Å². The molecule has 0 bridgehead atoms. The summed E-state index contributed by atoms with van der Waals surface area (Å²) in [6.45, 7) is 9.22. The van der Waals surface area contributed by atoms with E-state index in [-0.39, 0.29) is 0 Å². The average molecular weight is 239 g/mol. The first-order chi connectivity index (χ1) is 8.38. The van der Waals surface area contributed by atoms with E-state index >= 15 is 0 Å². The zero-order valence-corrected chi connectivity index (χ0v) is 11.5. The van der Waals surface area contributed by atoms with Gasteiger partial charge >= 0.3 is 0 Å². The summed E-state index contributed by atoms with van der Waals surface area (Å²) in [6, 6.07) is 0. The number of nitrogens with one attached hydrogen (secondary N) is 1. The van der Waals surface area contributed by atoms with Crippen LogP contribution in [0.4, 0.5) is 0 Å². The van der Waals surface area contributed by atoms with Gasteiger partial charge in [-0.25, -0.2) is 0 Å². The summed E-state index contributed by atoms with van der Waals surface area (Å²) in [4.78, 5) is 5.30. The first-order valence-corrected chi connectivity index (χ1v) is 7.48. The smallest absolute Gasteiger partial charge is 0.000654 e. The lowest BCUT2D eigenvalue weighted by molar-refractivity contribution is 0.174. The van der Waals surface area contributed by atoms with Crippen molar-refractivity contribution in [2.24, 2.45) is 5.92 Å². The topological polar surface area (TPSA) is 18.5 Å². The molecule has 0 saturated carbocycles. The highest BCUT2D eigenvalue weighted by molar-refractivity contribution is 4.74. The zero-order chi connectivity index (χ0) is 11.9. The molecule has 0 atom stereocenters. The molecule has 1 N–H and O–H groups in total. The van der Waals surface area contributed by atoms with E-state index in [1.807, 2.05) is 0 Å². The molecule has 0 spiro atoms. The Morgan fingerprint density at radius 2 is 1.53 bits per heavy atom. The van der Waals surface area contributed by atoms with E-state index in [1.165, 1.54) is 77.9 Å². The van der Waals surface area contributed by atoms with Crippen LogP contribution >= 0.6 is 0 Å². The van der Waals surface area contributed by atoms with E-state index in [2.05, 4.69) is 22.2 Å². The summed E-state index contributed by atoms with van der Waals surface area (Å²) in [7, 11) is 2.07. The van der Waals surface area contributed by atoms with Crippen LogP contribution in [-0.2, 0) is 0 Å². The summed E-state index contributed by atoms with van der Waals surface area (Å²) in [5, 5.41) is 3.31. The molecule has 17 heavy (non-hydrogen) atoms. The van der Waals surface area contributed by atoms with Gasteiger partial charge in [-0.2, -0.15) is 0 Å². The number of piperidine rings is 1. The molecule has 0 aromatic carbocycles. The van der Waals surface area contributed by atoms with Crippen LogP contribution in [0.15, 0.2) is 0 Å². The van der Waals surface area contributed by atoms with Crippen LogP contribution in [0.2, 0.25) is 0 Å². The number of likely N-dealkylation sites (tertiary alicyclic amines) is 2. The number of rotatable bonds is 6. The molecule has 0 aliphatic carbocycles. The molecule has 3 heteroatoms. The fourth-order valence-electron chi connectivity index (χ4n) is 3.23. The van der Waals surface area contributed by atoms with Crippen molar-refractivity contribution < 1.29 is 0 Å². The average Bonchev–Trinajstić information content (AvgIpc) is 2.85. The monoisotopic (exact) mass is 239 g/mol. The summed E-state index contributed by atoms with van der Waals surface area (Å²) in [5.41, 5.74) is 0. The summed E-state index contributed by atoms with van der Waals surface area (Å²) < 4.78 is 0. The molecular weight excluding hydrogens is 210 g/mol. The molecule has 2 heterocycles. The summed E-state index contributed by atoms with van der Waals surface area (Å²) in [5.74, 6) is 0.926. The van der Waals surface area contributed by atoms with Crippen LogP contribution in [0.5, 0.6) is 0 Å². The van der Waals surface area contributed by atoms with Crippen molar-refractivity contribution in [1.82, 2.24) is 15.1 Å². The second-order valence-corrected chi connectivity index (χ2v) is 5.74. The second-order valence-electron chi connectivity index (χ2n) is 5.74. The molecule has 0 amide bonds. The minimum atomic E-state index is 0.926. The maximum Gasteiger partial charge on any atom is -0.000654 e. The molecule has 0 aromatic rings. The van der Waals surface area contributed by atoms with Crippen molar-refractivity contribution in [3.8, 4) is 0 Å². The maximum absolute atomic E-state index is 3.31. The highest BCUT2D eigenvalue weighted by Crippen LogP contribution is 2.16. The molecule has 0 aromatic heterocycles. The third kappa shape index (κ3) is 4.57. The Labute approximate surface area is 107 Å². The largest absolute Gasteiger partial charge is 0.319 e. The van der Waals surface area contributed by atoms with E-state index in [4.69, 9.17) is 0 Å². The van der Waals surface area contributed by atoms with Crippen molar-refractivity contribution in [2.75, 3.05) is 52.9 Å². The second kappa shape index (κ2) is 7.34. The van der Waals surface area contributed by atoms with E-state index < -0.39 is 0 Å². The maximum atomic E-state index is 3.31. The Balaban J connectivity index is 1.52. The first-order valence-electron chi connectivity index (χ1n) is 7.48. The van der Waals surface area contributed by atoms with Crippen LogP contribution in [-0.4, -0.2) is 62.7 Å². The normalized spacial score (nSPS) is 24.5. The standard InChI is InChI=1S/C14H29N3/c1-15-13-14-5-11-17(12-6-14)10-4-9-16-7-2-3-8-16/h14-15H,2-13H2,1H3. The summed E-state index contributed by atoms with van der Waals surface area (Å²) >= 11 is 0. The molecule has 2 aliphatic heterocycles. The van der Waals surface area contributed by atoms with Gasteiger partial charge in [0.15, 0.2) is 0 Å². The van der Waals surface area contributed by atoms with E-state index in [0.717, 1.165) is 5.92 Å². The van der Waals surface area contributed by atoms with E-state index in [1.54, 1.807) is 0 Å². The van der Waals surface area contributed by atoms with Gasteiger partial charge in [-0.15, -0.1) is 0 Å². The highest BCUT2D eigenvalue weighted by atomic mass is 15.2. The van der Waals surface area contributed by atoms with Crippen LogP contribution in [0, 0.1) is 5.92 Å². The minimum Gasteiger partial charge on any atom is -0.319 e. The lowest BCUT2D eigenvalue weighted by Crippen LogP contribution is -2.38. The molecule has 2 saturated heterocycles. The van der Waals surface area contributed by atoms with Gasteiger partial charge in [-0.3, -0.25) is 0 Å². The number of hydrogen-bond acceptors (Lipinski definition) is 3. The van der Waals surface area contributed by atoms with Crippen molar-refractivity contribution in [3.05, 3.63) is 0 Å². The van der Waals surface area contributed by atoms with Crippen LogP contribution in [0.3, 0.4) is 0 Å². The Hall–Kier alpha value is -0.120. The molecule has 3 nitrogen and oxygen atoms in total. The van der Waals surface area contributed by atoms with Crippen LogP contribution < -0.4 is 5.32 Å². The van der Waals surface area contributed by atoms with Crippen molar-refractivity contribution in [3.63, 3.8) is 0 Å². The van der Waals surface area contributed by atoms with Crippen LogP contribution in [0.25, 0.3) is 0 Å². The predicted octanol–water partition coefficient (Wildman–Crippen LogP) is 1.40. The minimum absolute atomic E-state index is 0.926. The Morgan fingerprint density at radius 3 is 2.12 bits per heavy atom. The third-order valence-electron chi connectivity index (χ3n) is 4.35. The fourth-order valence-corrected chi connectivity index (χ4v) is 3.23. The van der Waals surface area contributed by atoms with Gasteiger partial charge in [0.2, 0.25) is 0 Å². The van der Waals surface area contributed by atoms with Crippen molar-refractivity contribution in [1.29, 1.82) is 0 Å². The Kier molecular flexibility index (Phi) is 5.75. The molecule has 2 rings (SSSR count). The van der Waals surface area contributed by atoms with Gasteiger partial charge in [-0.05, 0) is 90.9 Å². The Morgan fingerprint density at radius 1 is 0.941 bits per heavy atom. The zero-order valence-electron chi connectivity index (χ0n) is 11.5. The van der Waals surface area contributed by atoms with Crippen LogP contribution in [0.1, 0.15) is 32.1 Å². The lowest BCUT2D eigenvalue weighted by Gasteiger charge is -2.32. The third-order valence-corrected chi connectivity index (χ3v) is 4.35. The van der Waals surface area contributed by atoms with E-state index in [9.17, 15) is 0 Å². The Bertz CT molecular complexity index is 194. The lowest BCUT2D eigenvalue weighted by atomic mass is 9.97.